The van der Waals surface area contributed by atoms with Gasteiger partial charge in [-0.2, -0.15) is 0 Å². The Morgan fingerprint density at radius 3 is 2.23 bits per heavy atom. The van der Waals surface area contributed by atoms with Crippen LogP contribution in [0.1, 0.15) is 44.5 Å². The fraction of sp³-hybridized carbons (Fsp3) is 0.143. The van der Waals surface area contributed by atoms with Crippen LogP contribution in [-0.4, -0.2) is 32.2 Å². The third-order valence-electron chi connectivity index (χ3n) is 7.27. The van der Waals surface area contributed by atoms with E-state index in [0.717, 1.165) is 27.8 Å². The molecule has 6 nitrogen and oxygen atoms in total. The van der Waals surface area contributed by atoms with Crippen molar-refractivity contribution >= 4 is 40.6 Å². The predicted molar refractivity (Wildman–Crippen MR) is 180 cm³/mol. The first kappa shape index (κ1) is 29.8. The standard InChI is InChI=1S/C35H30ClN5OS2/c1-24-16-18-27(19-17-24)41-33(29-14-8-9-15-30(29)36)39-40-35(41)44-23-32-38-31(22-43-32)34(42)37-21-20-28(25-10-4-2-5-11-25)26-12-6-3-7-13-26/h2-19,22,28H,20-21,23H2,1H3,(H,37,42). The van der Waals surface area contributed by atoms with Crippen LogP contribution in [0.5, 0.6) is 0 Å². The fourth-order valence-corrected chi connectivity index (χ4v) is 7.00. The first-order chi connectivity index (χ1) is 21.6. The quantitative estimate of drug-likeness (QED) is 0.144. The summed E-state index contributed by atoms with van der Waals surface area (Å²) in [4.78, 5) is 17.7. The van der Waals surface area contributed by atoms with Crippen LogP contribution in [0.15, 0.2) is 120 Å². The van der Waals surface area contributed by atoms with Gasteiger partial charge in [-0.05, 0) is 48.7 Å². The molecule has 0 fully saturated rings. The number of halogens is 1. The molecule has 4 aromatic carbocycles. The zero-order chi connectivity index (χ0) is 30.3. The van der Waals surface area contributed by atoms with E-state index in [9.17, 15) is 4.79 Å². The lowest BCUT2D eigenvalue weighted by molar-refractivity contribution is 0.0948. The number of nitrogens with zero attached hydrogens (tertiary/aromatic N) is 4. The minimum absolute atomic E-state index is 0.166. The second-order valence-corrected chi connectivity index (χ2v) is 12.6. The summed E-state index contributed by atoms with van der Waals surface area (Å²) in [5.74, 6) is 1.25. The number of aromatic nitrogens is 4. The van der Waals surface area contributed by atoms with Crippen LogP contribution in [-0.2, 0) is 5.75 Å². The molecule has 0 atom stereocenters. The molecule has 0 aliphatic rings. The summed E-state index contributed by atoms with van der Waals surface area (Å²) in [6, 6.07) is 36.7. The molecule has 0 radical (unpaired) electrons. The molecule has 220 valence electrons. The molecule has 0 saturated heterocycles. The molecule has 1 N–H and O–H groups in total. The molecule has 2 aromatic heterocycles. The van der Waals surface area contributed by atoms with Crippen molar-refractivity contribution in [3.05, 3.63) is 147 Å². The number of thiazole rings is 1. The van der Waals surface area contributed by atoms with Crippen molar-refractivity contribution in [2.75, 3.05) is 6.54 Å². The van der Waals surface area contributed by atoms with Crippen molar-refractivity contribution in [1.82, 2.24) is 25.1 Å². The molecule has 0 bridgehead atoms. The Morgan fingerprint density at radius 1 is 0.886 bits per heavy atom. The van der Waals surface area contributed by atoms with Gasteiger partial charge >= 0.3 is 0 Å². The Morgan fingerprint density at radius 2 is 1.55 bits per heavy atom. The SMILES string of the molecule is Cc1ccc(-n2c(SCc3nc(C(=O)NCCC(c4ccccc4)c4ccccc4)cs3)nnc2-c2ccccc2Cl)cc1. The molecule has 0 saturated carbocycles. The molecular formula is C35H30ClN5OS2. The molecule has 6 rings (SSSR count). The molecule has 1 amide bonds. The number of hydrogen-bond acceptors (Lipinski definition) is 6. The lowest BCUT2D eigenvalue weighted by Crippen LogP contribution is -2.26. The highest BCUT2D eigenvalue weighted by atomic mass is 35.5. The third-order valence-corrected chi connectivity index (χ3v) is 9.57. The smallest absolute Gasteiger partial charge is 0.270 e. The Kier molecular flexibility index (Phi) is 9.51. The molecule has 0 spiro atoms. The average molecular weight is 636 g/mol. The molecule has 44 heavy (non-hydrogen) atoms. The summed E-state index contributed by atoms with van der Waals surface area (Å²) in [6.45, 7) is 2.60. The van der Waals surface area contributed by atoms with Gasteiger partial charge in [-0.3, -0.25) is 9.36 Å². The van der Waals surface area contributed by atoms with E-state index in [1.54, 1.807) is 0 Å². The number of carbonyl (C=O) groups excluding carboxylic acids is 1. The van der Waals surface area contributed by atoms with Crippen LogP contribution in [0, 0.1) is 6.92 Å². The van der Waals surface area contributed by atoms with Gasteiger partial charge in [0, 0.05) is 29.1 Å². The number of aryl methyl sites for hydroxylation is 1. The lowest BCUT2D eigenvalue weighted by atomic mass is 9.88. The summed E-state index contributed by atoms with van der Waals surface area (Å²) < 4.78 is 2.02. The molecule has 0 aliphatic heterocycles. The van der Waals surface area contributed by atoms with Gasteiger partial charge in [-0.1, -0.05) is 114 Å². The Labute approximate surface area is 270 Å². The fourth-order valence-electron chi connectivity index (χ4n) is 5.03. The number of nitrogens with one attached hydrogen (secondary N) is 1. The number of benzene rings is 4. The van der Waals surface area contributed by atoms with Crippen molar-refractivity contribution in [2.24, 2.45) is 0 Å². The molecule has 6 aromatic rings. The topological polar surface area (TPSA) is 72.7 Å². The Balaban J connectivity index is 1.13. The van der Waals surface area contributed by atoms with Gasteiger partial charge in [-0.25, -0.2) is 4.98 Å². The highest BCUT2D eigenvalue weighted by Gasteiger charge is 2.20. The highest BCUT2D eigenvalue weighted by molar-refractivity contribution is 7.98. The van der Waals surface area contributed by atoms with Crippen molar-refractivity contribution in [3.63, 3.8) is 0 Å². The number of thioether (sulfide) groups is 1. The maximum absolute atomic E-state index is 13.0. The van der Waals surface area contributed by atoms with Crippen LogP contribution >= 0.6 is 34.7 Å². The predicted octanol–water partition coefficient (Wildman–Crippen LogP) is 8.60. The van der Waals surface area contributed by atoms with Crippen LogP contribution in [0.2, 0.25) is 5.02 Å². The first-order valence-corrected chi connectivity index (χ1v) is 16.5. The molecular weight excluding hydrogens is 606 g/mol. The number of carbonyl (C=O) groups is 1. The molecule has 0 unspecified atom stereocenters. The van der Waals surface area contributed by atoms with Crippen molar-refractivity contribution in [1.29, 1.82) is 0 Å². The minimum atomic E-state index is -0.166. The number of hydrogen-bond donors (Lipinski definition) is 1. The second-order valence-electron chi connectivity index (χ2n) is 10.3. The van der Waals surface area contributed by atoms with E-state index in [0.29, 0.717) is 28.8 Å². The van der Waals surface area contributed by atoms with Gasteiger partial charge in [0.05, 0.1) is 10.8 Å². The highest BCUT2D eigenvalue weighted by Crippen LogP contribution is 2.33. The van der Waals surface area contributed by atoms with Gasteiger partial charge < -0.3 is 5.32 Å². The third kappa shape index (κ3) is 6.94. The summed E-state index contributed by atoms with van der Waals surface area (Å²) in [7, 11) is 0. The van der Waals surface area contributed by atoms with Crippen LogP contribution < -0.4 is 5.32 Å². The zero-order valence-corrected chi connectivity index (χ0v) is 26.4. The van der Waals surface area contributed by atoms with Gasteiger partial charge in [0.15, 0.2) is 11.0 Å². The number of amides is 1. The molecule has 9 heteroatoms. The maximum Gasteiger partial charge on any atom is 0.270 e. The van der Waals surface area contributed by atoms with Crippen LogP contribution in [0.25, 0.3) is 17.1 Å². The van der Waals surface area contributed by atoms with Gasteiger partial charge in [0.25, 0.3) is 5.91 Å². The minimum Gasteiger partial charge on any atom is -0.351 e. The van der Waals surface area contributed by atoms with Crippen molar-refractivity contribution < 1.29 is 4.79 Å². The normalized spacial score (nSPS) is 11.2. The van der Waals surface area contributed by atoms with Gasteiger partial charge in [0.2, 0.25) is 0 Å². The van der Waals surface area contributed by atoms with Crippen molar-refractivity contribution in [3.8, 4) is 17.1 Å². The van der Waals surface area contributed by atoms with E-state index >= 15 is 0 Å². The van der Waals surface area contributed by atoms with E-state index in [2.05, 4.69) is 100 Å². The van der Waals surface area contributed by atoms with E-state index in [1.807, 2.05) is 46.3 Å². The van der Waals surface area contributed by atoms with Crippen LogP contribution in [0.3, 0.4) is 0 Å². The summed E-state index contributed by atoms with van der Waals surface area (Å²) in [5.41, 5.74) is 5.82. The Bertz CT molecular complexity index is 1800. The number of rotatable bonds is 11. The largest absolute Gasteiger partial charge is 0.351 e. The summed E-state index contributed by atoms with van der Waals surface area (Å²) >= 11 is 9.53. The second kappa shape index (κ2) is 14.0. The maximum atomic E-state index is 13.0. The van der Waals surface area contributed by atoms with Crippen LogP contribution in [0.4, 0.5) is 0 Å². The van der Waals surface area contributed by atoms with E-state index in [4.69, 9.17) is 11.6 Å². The molecule has 2 heterocycles. The Hall–Kier alpha value is -4.24. The zero-order valence-electron chi connectivity index (χ0n) is 24.1. The molecule has 0 aliphatic carbocycles. The first-order valence-electron chi connectivity index (χ1n) is 14.3. The van der Waals surface area contributed by atoms with Gasteiger partial charge in [-0.15, -0.1) is 21.5 Å². The monoisotopic (exact) mass is 635 g/mol. The van der Waals surface area contributed by atoms with Gasteiger partial charge in [0.1, 0.15) is 10.7 Å². The van der Waals surface area contributed by atoms with Crippen molar-refractivity contribution in [2.45, 2.75) is 30.2 Å². The summed E-state index contributed by atoms with van der Waals surface area (Å²) in [6.07, 6.45) is 0.787. The lowest BCUT2D eigenvalue weighted by Gasteiger charge is -2.18. The average Bonchev–Trinajstić information content (AvgIpc) is 3.71. The summed E-state index contributed by atoms with van der Waals surface area (Å²) in [5, 5.41) is 16.1. The van der Waals surface area contributed by atoms with E-state index < -0.39 is 0 Å². The van der Waals surface area contributed by atoms with E-state index in [1.165, 1.54) is 39.8 Å². The van der Waals surface area contributed by atoms with E-state index in [-0.39, 0.29) is 11.8 Å².